The number of halogens is 5. The molecule has 0 fully saturated rings. The van der Waals surface area contributed by atoms with E-state index in [2.05, 4.69) is 4.74 Å². The molecular weight excluding hydrogens is 287 g/mol. The van der Waals surface area contributed by atoms with E-state index in [0.29, 0.717) is 12.1 Å². The van der Waals surface area contributed by atoms with Crippen molar-refractivity contribution in [1.29, 1.82) is 0 Å². The zero-order valence-corrected chi connectivity index (χ0v) is 10.2. The van der Waals surface area contributed by atoms with Gasteiger partial charge in [0, 0.05) is 12.0 Å². The van der Waals surface area contributed by atoms with Crippen molar-refractivity contribution in [2.75, 3.05) is 11.5 Å². The number of ether oxygens (including phenoxy) is 1. The second-order valence-electron chi connectivity index (χ2n) is 3.88. The van der Waals surface area contributed by atoms with Crippen LogP contribution in [-0.4, -0.2) is 12.1 Å². The van der Waals surface area contributed by atoms with E-state index in [4.69, 9.17) is 11.5 Å². The third kappa shape index (κ3) is 2.91. The van der Waals surface area contributed by atoms with E-state index in [0.717, 1.165) is 0 Å². The van der Waals surface area contributed by atoms with Crippen molar-refractivity contribution in [2.24, 2.45) is 0 Å². The van der Waals surface area contributed by atoms with Crippen molar-refractivity contribution in [1.82, 2.24) is 0 Å². The minimum Gasteiger partial charge on any atom is -0.422 e. The molecule has 0 amide bonds. The zero-order valence-electron chi connectivity index (χ0n) is 10.2. The van der Waals surface area contributed by atoms with Crippen molar-refractivity contribution in [3.05, 3.63) is 17.7 Å². The number of esters is 1. The molecule has 1 rings (SSSR count). The zero-order chi connectivity index (χ0) is 15.7. The number of alkyl halides is 5. The van der Waals surface area contributed by atoms with Gasteiger partial charge in [-0.05, 0) is 12.1 Å². The molecule has 0 saturated heterocycles. The van der Waals surface area contributed by atoms with Gasteiger partial charge in [0.2, 0.25) is 0 Å². The van der Waals surface area contributed by atoms with Crippen molar-refractivity contribution in [2.45, 2.75) is 25.4 Å². The molecule has 112 valence electrons. The Morgan fingerprint density at radius 1 is 1.15 bits per heavy atom. The van der Waals surface area contributed by atoms with Crippen molar-refractivity contribution in [3.63, 3.8) is 0 Å². The summed E-state index contributed by atoms with van der Waals surface area (Å²) in [4.78, 5) is 11.1. The van der Waals surface area contributed by atoms with Crippen molar-refractivity contribution in [3.8, 4) is 5.75 Å². The number of carbonyl (C=O) groups excluding carboxylic acids is 1. The van der Waals surface area contributed by atoms with Gasteiger partial charge in [0.15, 0.2) is 5.75 Å². The quantitative estimate of drug-likeness (QED) is 0.389. The summed E-state index contributed by atoms with van der Waals surface area (Å²) in [6, 6.07) is 0.754. The molecule has 0 aliphatic rings. The Labute approximate surface area is 110 Å². The minimum absolute atomic E-state index is 0.0423. The first-order valence-electron chi connectivity index (χ1n) is 5.35. The summed E-state index contributed by atoms with van der Waals surface area (Å²) < 4.78 is 67.6. The number of rotatable bonds is 3. The van der Waals surface area contributed by atoms with E-state index in [1.807, 2.05) is 0 Å². The van der Waals surface area contributed by atoms with E-state index in [1.54, 1.807) is 0 Å². The number of anilines is 2. The van der Waals surface area contributed by atoms with Gasteiger partial charge in [0.05, 0.1) is 11.4 Å². The Kier molecular flexibility index (Phi) is 4.11. The highest BCUT2D eigenvalue weighted by Gasteiger charge is 2.59. The molecule has 0 bridgehead atoms. The van der Waals surface area contributed by atoms with Crippen LogP contribution in [0.1, 0.15) is 18.9 Å². The lowest BCUT2D eigenvalue weighted by Gasteiger charge is -2.21. The van der Waals surface area contributed by atoms with Gasteiger partial charge in [-0.3, -0.25) is 4.79 Å². The van der Waals surface area contributed by atoms with Crippen LogP contribution in [0, 0.1) is 0 Å². The van der Waals surface area contributed by atoms with Crippen LogP contribution < -0.4 is 16.2 Å². The molecule has 4 nitrogen and oxygen atoms in total. The third-order valence-electron chi connectivity index (χ3n) is 2.37. The first-order valence-corrected chi connectivity index (χ1v) is 5.35. The van der Waals surface area contributed by atoms with Gasteiger partial charge in [0.25, 0.3) is 0 Å². The van der Waals surface area contributed by atoms with Crippen LogP contribution in [0.5, 0.6) is 5.75 Å². The number of nitrogens with two attached hydrogens (primary N) is 2. The number of benzene rings is 1. The molecule has 20 heavy (non-hydrogen) atoms. The Hall–Kier alpha value is -2.06. The summed E-state index contributed by atoms with van der Waals surface area (Å²) in [6.07, 6.45) is -5.83. The lowest BCUT2D eigenvalue weighted by Crippen LogP contribution is -2.33. The third-order valence-corrected chi connectivity index (χ3v) is 2.37. The fourth-order valence-electron chi connectivity index (χ4n) is 1.32. The molecule has 0 radical (unpaired) electrons. The molecule has 1 aromatic carbocycles. The molecule has 4 N–H and O–H groups in total. The maximum Gasteiger partial charge on any atom is 0.458 e. The second-order valence-corrected chi connectivity index (χ2v) is 3.88. The van der Waals surface area contributed by atoms with Gasteiger partial charge in [-0.15, -0.1) is 0 Å². The van der Waals surface area contributed by atoms with Gasteiger partial charge in [0.1, 0.15) is 0 Å². The van der Waals surface area contributed by atoms with E-state index in [1.165, 1.54) is 6.92 Å². The largest absolute Gasteiger partial charge is 0.458 e. The van der Waals surface area contributed by atoms with Crippen LogP contribution in [0.15, 0.2) is 12.1 Å². The number of hydrogen-bond donors (Lipinski definition) is 2. The first-order chi connectivity index (χ1) is 9.00. The maximum atomic E-state index is 13.1. The number of nitrogen functional groups attached to an aromatic ring is 2. The van der Waals surface area contributed by atoms with Crippen LogP contribution in [0.4, 0.5) is 33.3 Å². The normalized spacial score (nSPS) is 12.3. The van der Waals surface area contributed by atoms with Crippen molar-refractivity contribution >= 4 is 17.3 Å². The average Bonchev–Trinajstić information content (AvgIpc) is 2.31. The highest BCUT2D eigenvalue weighted by molar-refractivity contribution is 5.79. The highest BCUT2D eigenvalue weighted by atomic mass is 19.4. The lowest BCUT2D eigenvalue weighted by atomic mass is 10.1. The van der Waals surface area contributed by atoms with Crippen LogP contribution >= 0.6 is 0 Å². The maximum absolute atomic E-state index is 13.1. The molecule has 0 atom stereocenters. The van der Waals surface area contributed by atoms with Gasteiger partial charge in [-0.1, -0.05) is 6.92 Å². The Bertz CT molecular complexity index is 505. The lowest BCUT2D eigenvalue weighted by molar-refractivity contribution is -0.289. The summed E-state index contributed by atoms with van der Waals surface area (Å²) in [5, 5.41) is 0. The Morgan fingerprint density at radius 3 is 1.95 bits per heavy atom. The first kappa shape index (κ1) is 16.0. The summed E-state index contributed by atoms with van der Waals surface area (Å²) in [6.45, 7) is 1.46. The van der Waals surface area contributed by atoms with E-state index in [9.17, 15) is 26.7 Å². The Morgan fingerprint density at radius 2 is 1.60 bits per heavy atom. The molecule has 0 spiro atoms. The molecule has 0 aliphatic carbocycles. The fraction of sp³-hybridized carbons (Fsp3) is 0.364. The smallest absolute Gasteiger partial charge is 0.422 e. The molecule has 0 aliphatic heterocycles. The van der Waals surface area contributed by atoms with Crippen LogP contribution in [0.2, 0.25) is 0 Å². The molecule has 0 unspecified atom stereocenters. The summed E-state index contributed by atoms with van der Waals surface area (Å²) in [7, 11) is 0. The van der Waals surface area contributed by atoms with Crippen LogP contribution in [0.3, 0.4) is 0 Å². The second kappa shape index (κ2) is 5.14. The van der Waals surface area contributed by atoms with E-state index < -0.39 is 40.8 Å². The van der Waals surface area contributed by atoms with Crippen LogP contribution in [0.25, 0.3) is 0 Å². The molecule has 0 saturated carbocycles. The molecule has 0 aromatic heterocycles. The highest BCUT2D eigenvalue weighted by Crippen LogP contribution is 2.46. The minimum atomic E-state index is -5.78. The fourth-order valence-corrected chi connectivity index (χ4v) is 1.32. The predicted molar refractivity (Wildman–Crippen MR) is 61.1 cm³/mol. The molecular formula is C11H11F5N2O2. The monoisotopic (exact) mass is 298 g/mol. The number of carbonyl (C=O) groups is 1. The van der Waals surface area contributed by atoms with Gasteiger partial charge < -0.3 is 16.2 Å². The Balaban J connectivity index is 3.27. The predicted octanol–water partition coefficient (Wildman–Crippen LogP) is 2.82. The van der Waals surface area contributed by atoms with Crippen molar-refractivity contribution < 1.29 is 31.5 Å². The molecule has 9 heteroatoms. The van der Waals surface area contributed by atoms with Gasteiger partial charge >= 0.3 is 18.1 Å². The SMILES string of the molecule is CCC(=O)Oc1c(N)cc(C(F)(F)C(F)(F)F)cc1N. The van der Waals surface area contributed by atoms with Crippen LogP contribution in [-0.2, 0) is 10.7 Å². The summed E-state index contributed by atoms with van der Waals surface area (Å²) in [5.41, 5.74) is 8.04. The van der Waals surface area contributed by atoms with Gasteiger partial charge in [-0.25, -0.2) is 0 Å². The summed E-state index contributed by atoms with van der Waals surface area (Å²) in [5.74, 6) is -6.29. The average molecular weight is 298 g/mol. The number of hydrogen-bond acceptors (Lipinski definition) is 4. The van der Waals surface area contributed by atoms with E-state index in [-0.39, 0.29) is 6.42 Å². The topological polar surface area (TPSA) is 78.3 Å². The van der Waals surface area contributed by atoms with Gasteiger partial charge in [-0.2, -0.15) is 22.0 Å². The standard InChI is InChI=1S/C11H11F5N2O2/c1-2-8(19)20-9-6(17)3-5(4-7(9)18)10(12,13)11(14,15)16/h3-4H,2,17-18H2,1H3. The molecule has 1 aromatic rings. The summed E-state index contributed by atoms with van der Waals surface area (Å²) >= 11 is 0. The van der Waals surface area contributed by atoms with E-state index >= 15 is 0 Å². The molecule has 0 heterocycles.